The summed E-state index contributed by atoms with van der Waals surface area (Å²) in [6.07, 6.45) is 4.66. The lowest BCUT2D eigenvalue weighted by Crippen LogP contribution is -2.34. The Morgan fingerprint density at radius 3 is 3.07 bits per heavy atom. The van der Waals surface area contributed by atoms with Crippen LogP contribution < -0.4 is 0 Å². The molecule has 2 rings (SSSR count). The maximum Gasteiger partial charge on any atom is 0.105 e. The molecule has 1 N–H and O–H groups in total. The number of rotatable bonds is 3. The molecule has 0 bridgehead atoms. The van der Waals surface area contributed by atoms with Crippen molar-refractivity contribution in [3.8, 4) is 0 Å². The van der Waals surface area contributed by atoms with E-state index >= 15 is 0 Å². The molecule has 0 amide bonds. The normalized spacial score (nSPS) is 18.9. The third-order valence-electron chi connectivity index (χ3n) is 2.77. The first-order valence-electron chi connectivity index (χ1n) is 5.14. The van der Waals surface area contributed by atoms with Crippen LogP contribution in [0.25, 0.3) is 0 Å². The van der Waals surface area contributed by atoms with Crippen molar-refractivity contribution in [3.05, 3.63) is 24.2 Å². The third kappa shape index (κ3) is 1.81. The largest absolute Gasteiger partial charge is 0.469 e. The first-order chi connectivity index (χ1) is 6.77. The van der Waals surface area contributed by atoms with Gasteiger partial charge in [-0.25, -0.2) is 0 Å². The van der Waals surface area contributed by atoms with Crippen molar-refractivity contribution < 1.29 is 4.42 Å². The summed E-state index contributed by atoms with van der Waals surface area (Å²) in [5.41, 5.74) is 0. The van der Waals surface area contributed by atoms with E-state index in [1.54, 1.807) is 6.26 Å². The molecule has 0 saturated carbocycles. The second-order valence-electron chi connectivity index (χ2n) is 3.88. The summed E-state index contributed by atoms with van der Waals surface area (Å²) >= 11 is 0. The molecular weight excluding hydrogens is 176 g/mol. The average Bonchev–Trinajstić information content (AvgIpc) is 2.75. The lowest BCUT2D eigenvalue weighted by atomic mass is 10.2. The van der Waals surface area contributed by atoms with Gasteiger partial charge in [0, 0.05) is 25.4 Å². The molecule has 0 spiro atoms. The Morgan fingerprint density at radius 2 is 2.50 bits per heavy atom. The summed E-state index contributed by atoms with van der Waals surface area (Å²) in [4.78, 5) is 2.17. The van der Waals surface area contributed by atoms with Crippen molar-refractivity contribution >= 4 is 5.84 Å². The molecule has 1 atom stereocenters. The summed E-state index contributed by atoms with van der Waals surface area (Å²) in [5, 5.41) is 7.76. The molecule has 1 aromatic rings. The van der Waals surface area contributed by atoms with E-state index in [1.165, 1.54) is 0 Å². The Hall–Kier alpha value is -1.25. The van der Waals surface area contributed by atoms with E-state index in [-0.39, 0.29) is 0 Å². The van der Waals surface area contributed by atoms with Crippen LogP contribution in [0.1, 0.15) is 25.5 Å². The molecular formula is C11H16N2O. The van der Waals surface area contributed by atoms with Crippen molar-refractivity contribution in [2.24, 2.45) is 0 Å². The minimum Gasteiger partial charge on any atom is -0.469 e. The van der Waals surface area contributed by atoms with E-state index in [0.717, 1.165) is 37.4 Å². The summed E-state index contributed by atoms with van der Waals surface area (Å²) in [6, 6.07) is 4.30. The summed E-state index contributed by atoms with van der Waals surface area (Å²) < 4.78 is 5.30. The molecule has 1 aliphatic rings. The zero-order valence-corrected chi connectivity index (χ0v) is 8.49. The van der Waals surface area contributed by atoms with Gasteiger partial charge in [-0.3, -0.25) is 5.41 Å². The molecule has 0 aromatic carbocycles. The highest BCUT2D eigenvalue weighted by Crippen LogP contribution is 2.16. The van der Waals surface area contributed by atoms with Crippen molar-refractivity contribution in [1.82, 2.24) is 4.90 Å². The van der Waals surface area contributed by atoms with Crippen LogP contribution in [0.2, 0.25) is 0 Å². The number of nitrogens with zero attached hydrogens (tertiary/aromatic N) is 1. The Kier molecular flexibility index (Phi) is 2.57. The first-order valence-corrected chi connectivity index (χ1v) is 5.14. The van der Waals surface area contributed by atoms with Crippen molar-refractivity contribution in [2.45, 2.75) is 32.2 Å². The van der Waals surface area contributed by atoms with Gasteiger partial charge < -0.3 is 9.32 Å². The second-order valence-corrected chi connectivity index (χ2v) is 3.88. The summed E-state index contributed by atoms with van der Waals surface area (Å²) in [6.45, 7) is 3.18. The van der Waals surface area contributed by atoms with Crippen molar-refractivity contribution in [1.29, 1.82) is 5.41 Å². The second kappa shape index (κ2) is 3.86. The number of hydrogen-bond donors (Lipinski definition) is 1. The van der Waals surface area contributed by atoms with Gasteiger partial charge in [-0.05, 0) is 25.5 Å². The first kappa shape index (κ1) is 9.31. The average molecular weight is 192 g/mol. The van der Waals surface area contributed by atoms with Crippen LogP contribution in [-0.4, -0.2) is 23.3 Å². The van der Waals surface area contributed by atoms with E-state index < -0.39 is 0 Å². The van der Waals surface area contributed by atoms with Gasteiger partial charge in [0.2, 0.25) is 0 Å². The van der Waals surface area contributed by atoms with Gasteiger partial charge in [-0.2, -0.15) is 0 Å². The number of hydrogen-bond acceptors (Lipinski definition) is 2. The Morgan fingerprint density at radius 1 is 1.64 bits per heavy atom. The maximum atomic E-state index is 7.76. The topological polar surface area (TPSA) is 40.2 Å². The highest BCUT2D eigenvalue weighted by molar-refractivity contribution is 5.81. The van der Waals surface area contributed by atoms with E-state index in [1.807, 2.05) is 12.1 Å². The molecule has 0 aliphatic carbocycles. The SMILES string of the molecule is CC(Cc1ccco1)N1CCCC1=N. The molecule has 2 heterocycles. The van der Waals surface area contributed by atoms with E-state index in [0.29, 0.717) is 6.04 Å². The molecule has 14 heavy (non-hydrogen) atoms. The maximum absolute atomic E-state index is 7.76. The van der Waals surface area contributed by atoms with Crippen LogP contribution in [0, 0.1) is 5.41 Å². The Bertz CT molecular complexity index is 305. The molecule has 3 heteroatoms. The monoisotopic (exact) mass is 192 g/mol. The van der Waals surface area contributed by atoms with Gasteiger partial charge >= 0.3 is 0 Å². The lowest BCUT2D eigenvalue weighted by Gasteiger charge is -2.25. The highest BCUT2D eigenvalue weighted by Gasteiger charge is 2.22. The Balaban J connectivity index is 1.95. The van der Waals surface area contributed by atoms with Gasteiger partial charge in [0.15, 0.2) is 0 Å². The number of amidine groups is 1. The molecule has 76 valence electrons. The molecule has 3 nitrogen and oxygen atoms in total. The van der Waals surface area contributed by atoms with Gasteiger partial charge in [-0.15, -0.1) is 0 Å². The zero-order valence-electron chi connectivity index (χ0n) is 8.49. The van der Waals surface area contributed by atoms with Gasteiger partial charge in [0.1, 0.15) is 5.76 Å². The Labute approximate surface area is 84.2 Å². The van der Waals surface area contributed by atoms with Crippen LogP contribution in [-0.2, 0) is 6.42 Å². The number of likely N-dealkylation sites (tertiary alicyclic amines) is 1. The fourth-order valence-electron chi connectivity index (χ4n) is 2.01. The molecule has 0 radical (unpaired) electrons. The molecule has 1 saturated heterocycles. The highest BCUT2D eigenvalue weighted by atomic mass is 16.3. The quantitative estimate of drug-likeness (QED) is 0.798. The van der Waals surface area contributed by atoms with Crippen LogP contribution >= 0.6 is 0 Å². The smallest absolute Gasteiger partial charge is 0.105 e. The number of nitrogens with one attached hydrogen (secondary N) is 1. The summed E-state index contributed by atoms with van der Waals surface area (Å²) in [7, 11) is 0. The standard InChI is InChI=1S/C11H16N2O/c1-9(8-10-4-3-7-14-10)13-6-2-5-11(13)12/h3-4,7,9,12H,2,5-6,8H2,1H3. The molecule has 1 fully saturated rings. The lowest BCUT2D eigenvalue weighted by molar-refractivity contribution is 0.332. The molecule has 1 unspecified atom stereocenters. The minimum atomic E-state index is 0.385. The van der Waals surface area contributed by atoms with E-state index in [4.69, 9.17) is 9.83 Å². The minimum absolute atomic E-state index is 0.385. The molecule has 1 aliphatic heterocycles. The van der Waals surface area contributed by atoms with Crippen LogP contribution in [0.5, 0.6) is 0 Å². The van der Waals surface area contributed by atoms with Gasteiger partial charge in [0.25, 0.3) is 0 Å². The van der Waals surface area contributed by atoms with Gasteiger partial charge in [0.05, 0.1) is 12.1 Å². The zero-order chi connectivity index (χ0) is 9.97. The predicted octanol–water partition coefficient (Wildman–Crippen LogP) is 2.28. The van der Waals surface area contributed by atoms with E-state index in [2.05, 4.69) is 11.8 Å². The summed E-state index contributed by atoms with van der Waals surface area (Å²) in [5.74, 6) is 1.79. The fourth-order valence-corrected chi connectivity index (χ4v) is 2.01. The fraction of sp³-hybridized carbons (Fsp3) is 0.545. The van der Waals surface area contributed by atoms with Crippen LogP contribution in [0.15, 0.2) is 22.8 Å². The van der Waals surface area contributed by atoms with Crippen LogP contribution in [0.3, 0.4) is 0 Å². The third-order valence-corrected chi connectivity index (χ3v) is 2.77. The van der Waals surface area contributed by atoms with E-state index in [9.17, 15) is 0 Å². The van der Waals surface area contributed by atoms with Crippen molar-refractivity contribution in [3.63, 3.8) is 0 Å². The van der Waals surface area contributed by atoms with Crippen molar-refractivity contribution in [2.75, 3.05) is 6.54 Å². The van der Waals surface area contributed by atoms with Crippen LogP contribution in [0.4, 0.5) is 0 Å². The van der Waals surface area contributed by atoms with Gasteiger partial charge in [-0.1, -0.05) is 0 Å². The molecule has 1 aromatic heterocycles. The number of furan rings is 1. The predicted molar refractivity (Wildman–Crippen MR) is 55.5 cm³/mol.